The predicted molar refractivity (Wildman–Crippen MR) is 150 cm³/mol. The Bertz CT molecular complexity index is 1200. The number of carbonyl (C=O) groups excluding carboxylic acids is 2. The molecule has 0 aromatic heterocycles. The number of alkyl carbamates (subject to hydrolysis) is 1. The predicted octanol–water partition coefficient (Wildman–Crippen LogP) is 3.77. The zero-order chi connectivity index (χ0) is 29.4. The number of amides is 2. The van der Waals surface area contributed by atoms with Crippen LogP contribution in [0.5, 0.6) is 5.75 Å². The van der Waals surface area contributed by atoms with Crippen LogP contribution in [0.3, 0.4) is 0 Å². The summed E-state index contributed by atoms with van der Waals surface area (Å²) in [6.45, 7) is 5.73. The maximum absolute atomic E-state index is 13.5. The van der Waals surface area contributed by atoms with E-state index < -0.39 is 35.7 Å². The molecule has 0 spiro atoms. The van der Waals surface area contributed by atoms with Gasteiger partial charge in [-0.1, -0.05) is 42.3 Å². The highest BCUT2D eigenvalue weighted by Gasteiger charge is 2.63. The molecular weight excluding hydrogens is 540 g/mol. The number of allylic oxidation sites excluding steroid dienone is 3. The number of hydrogen-bond donors (Lipinski definition) is 2. The molecule has 4 bridgehead atoms. The Labute approximate surface area is 240 Å². The monoisotopic (exact) mass is 578 g/mol. The summed E-state index contributed by atoms with van der Waals surface area (Å²) in [5, 5.41) is 14.4. The summed E-state index contributed by atoms with van der Waals surface area (Å²) in [6.07, 6.45) is 2.81. The molecule has 11 heteroatoms. The van der Waals surface area contributed by atoms with Gasteiger partial charge in [-0.15, -0.1) is 0 Å². The molecule has 0 aliphatic carbocycles. The van der Waals surface area contributed by atoms with Gasteiger partial charge in [-0.3, -0.25) is 10.1 Å². The number of halogens is 1. The number of fused-ring (bicyclic) bond motifs is 5. The third kappa shape index (κ3) is 5.87. The second kappa shape index (κ2) is 11.7. The lowest BCUT2D eigenvalue weighted by Crippen LogP contribution is -2.63. The zero-order valence-corrected chi connectivity index (χ0v) is 24.8. The largest absolute Gasteiger partial charge is 0.495 e. The lowest BCUT2D eigenvalue weighted by molar-refractivity contribution is -0.142. The number of nitrogens with one attached hydrogen (secondary N) is 1. The third-order valence-electron chi connectivity index (χ3n) is 8.24. The Morgan fingerprint density at radius 1 is 1.20 bits per heavy atom. The van der Waals surface area contributed by atoms with Crippen molar-refractivity contribution in [3.8, 4) is 5.75 Å². The molecule has 2 saturated heterocycles. The fourth-order valence-corrected chi connectivity index (χ4v) is 6.08. The minimum atomic E-state index is -1.70. The van der Waals surface area contributed by atoms with E-state index in [2.05, 4.69) is 5.32 Å². The Kier molecular flexibility index (Phi) is 8.87. The van der Waals surface area contributed by atoms with Gasteiger partial charge in [-0.25, -0.2) is 4.79 Å². The summed E-state index contributed by atoms with van der Waals surface area (Å²) in [7, 11) is 6.21. The third-order valence-corrected chi connectivity index (χ3v) is 8.62. The number of ether oxygens (including phenoxy) is 5. The highest BCUT2D eigenvalue weighted by Crippen LogP contribution is 2.49. The molecule has 10 nitrogen and oxygen atoms in total. The molecule has 1 aromatic carbocycles. The molecule has 7 unspecified atom stereocenters. The minimum absolute atomic E-state index is 0.0279. The van der Waals surface area contributed by atoms with Crippen molar-refractivity contribution in [2.45, 2.75) is 75.8 Å². The first kappa shape index (κ1) is 30.3. The van der Waals surface area contributed by atoms with Crippen molar-refractivity contribution < 1.29 is 38.4 Å². The topological polar surface area (TPSA) is 119 Å². The fourth-order valence-electron chi connectivity index (χ4n) is 5.76. The van der Waals surface area contributed by atoms with Crippen LogP contribution in [0, 0.1) is 5.92 Å². The summed E-state index contributed by atoms with van der Waals surface area (Å²) < 4.78 is 28.6. The molecule has 40 heavy (non-hydrogen) atoms. The summed E-state index contributed by atoms with van der Waals surface area (Å²) in [6, 6.07) is 3.71. The van der Waals surface area contributed by atoms with Crippen LogP contribution in [0.2, 0.25) is 5.02 Å². The van der Waals surface area contributed by atoms with Gasteiger partial charge in [-0.05, 0) is 38.0 Å². The zero-order valence-electron chi connectivity index (χ0n) is 24.0. The van der Waals surface area contributed by atoms with Crippen molar-refractivity contribution in [1.82, 2.24) is 5.32 Å². The van der Waals surface area contributed by atoms with E-state index in [1.807, 2.05) is 39.0 Å². The maximum atomic E-state index is 13.5. The average Bonchev–Trinajstić information content (AvgIpc) is 3.60. The standard InChI is InChI=1S/C29H39ClN2O8/c1-16-9-8-10-22(37-6)29(35)15-21(39-27(34)31-29)17(2)26-28(3,40-26)23(38-7)14-24(33)32(4)19-12-18(11-16)13-20(36-5)25(19)30/h8-10,12-13,17,21-23,26,35H,11,14-15H2,1-7H3,(H,31,34)/b10-8+,16-9+. The van der Waals surface area contributed by atoms with Crippen LogP contribution in [-0.2, 0) is 30.2 Å². The molecule has 0 radical (unpaired) electrons. The molecule has 3 aliphatic heterocycles. The van der Waals surface area contributed by atoms with Crippen molar-refractivity contribution in [3.63, 3.8) is 0 Å². The summed E-state index contributed by atoms with van der Waals surface area (Å²) >= 11 is 6.64. The molecule has 1 aromatic rings. The average molecular weight is 579 g/mol. The van der Waals surface area contributed by atoms with E-state index in [1.54, 1.807) is 19.2 Å². The lowest BCUT2D eigenvalue weighted by Gasteiger charge is -2.42. The Balaban J connectivity index is 1.76. The van der Waals surface area contributed by atoms with E-state index in [1.165, 1.54) is 26.2 Å². The van der Waals surface area contributed by atoms with Gasteiger partial charge in [0.15, 0.2) is 5.72 Å². The number of carbonyl (C=O) groups is 2. The van der Waals surface area contributed by atoms with Gasteiger partial charge in [-0.2, -0.15) is 0 Å². The van der Waals surface area contributed by atoms with Gasteiger partial charge >= 0.3 is 6.09 Å². The highest BCUT2D eigenvalue weighted by molar-refractivity contribution is 6.35. The van der Waals surface area contributed by atoms with Crippen molar-refractivity contribution in [3.05, 3.63) is 46.5 Å². The van der Waals surface area contributed by atoms with Gasteiger partial charge in [0.1, 0.15) is 28.6 Å². The Hall–Kier alpha value is -2.63. The van der Waals surface area contributed by atoms with E-state index in [4.69, 9.17) is 35.3 Å². The lowest BCUT2D eigenvalue weighted by atomic mass is 9.83. The first-order valence-corrected chi connectivity index (χ1v) is 13.7. The number of epoxide rings is 1. The molecule has 7 atom stereocenters. The molecule has 3 heterocycles. The van der Waals surface area contributed by atoms with Crippen LogP contribution in [0.4, 0.5) is 10.5 Å². The van der Waals surface area contributed by atoms with Crippen LogP contribution < -0.4 is 15.0 Å². The fraction of sp³-hybridized carbons (Fsp3) is 0.586. The van der Waals surface area contributed by atoms with Crippen molar-refractivity contribution in [2.24, 2.45) is 5.92 Å². The summed E-state index contributed by atoms with van der Waals surface area (Å²) in [4.78, 5) is 27.6. The molecule has 0 saturated carbocycles. The second-order valence-corrected chi connectivity index (χ2v) is 11.4. The van der Waals surface area contributed by atoms with Crippen LogP contribution in [0.1, 0.15) is 39.2 Å². The minimum Gasteiger partial charge on any atom is -0.495 e. The summed E-state index contributed by atoms with van der Waals surface area (Å²) in [5.74, 6) is -0.0636. The van der Waals surface area contributed by atoms with Gasteiger partial charge in [0, 0.05) is 33.6 Å². The smallest absolute Gasteiger partial charge is 0.409 e. The Morgan fingerprint density at radius 3 is 2.58 bits per heavy atom. The van der Waals surface area contributed by atoms with Crippen LogP contribution in [-0.4, -0.2) is 81.2 Å². The number of hydrogen-bond acceptors (Lipinski definition) is 8. The van der Waals surface area contributed by atoms with Gasteiger partial charge in [0.05, 0.1) is 31.4 Å². The normalized spacial score (nSPS) is 37.0. The molecule has 4 rings (SSSR count). The Morgan fingerprint density at radius 2 is 1.93 bits per heavy atom. The summed E-state index contributed by atoms with van der Waals surface area (Å²) in [5.41, 5.74) is -0.0990. The SMILES string of the molecule is COc1cc2cc(c1Cl)N(C)C(=O)CC(OC)C1(C)OC1C(C)C1CC(O)(NC(=O)O1)C(OC)/C=C/C=C(\C)C2. The van der Waals surface area contributed by atoms with Crippen LogP contribution >= 0.6 is 11.6 Å². The molecule has 2 N–H and O–H groups in total. The first-order chi connectivity index (χ1) is 18.9. The van der Waals surface area contributed by atoms with Crippen molar-refractivity contribution >= 4 is 29.3 Å². The van der Waals surface area contributed by atoms with Crippen LogP contribution in [0.15, 0.2) is 35.9 Å². The van der Waals surface area contributed by atoms with Crippen molar-refractivity contribution in [1.29, 1.82) is 0 Å². The van der Waals surface area contributed by atoms with Gasteiger partial charge in [0.2, 0.25) is 5.91 Å². The maximum Gasteiger partial charge on any atom is 0.409 e. The highest BCUT2D eigenvalue weighted by atomic mass is 35.5. The first-order valence-electron chi connectivity index (χ1n) is 13.3. The van der Waals surface area contributed by atoms with Gasteiger partial charge in [0.25, 0.3) is 0 Å². The number of anilines is 1. The van der Waals surface area contributed by atoms with E-state index in [9.17, 15) is 14.7 Å². The molecule has 220 valence electrons. The van der Waals surface area contributed by atoms with E-state index in [0.717, 1.165) is 11.1 Å². The van der Waals surface area contributed by atoms with E-state index in [0.29, 0.717) is 22.9 Å². The second-order valence-electron chi connectivity index (χ2n) is 11.0. The number of aliphatic hydroxyl groups is 1. The number of methoxy groups -OCH3 is 3. The number of nitrogens with zero attached hydrogens (tertiary/aromatic N) is 1. The molecular formula is C29H39ClN2O8. The molecule has 3 aliphatic rings. The van der Waals surface area contributed by atoms with E-state index >= 15 is 0 Å². The van der Waals surface area contributed by atoms with Crippen molar-refractivity contribution in [2.75, 3.05) is 33.3 Å². The molecule has 2 amide bonds. The molecule has 2 fully saturated rings. The number of rotatable bonds is 3. The van der Waals surface area contributed by atoms with Gasteiger partial charge < -0.3 is 33.7 Å². The van der Waals surface area contributed by atoms with Crippen LogP contribution in [0.25, 0.3) is 0 Å². The quantitative estimate of drug-likeness (QED) is 0.520. The number of benzene rings is 1. The van der Waals surface area contributed by atoms with E-state index in [-0.39, 0.29) is 30.8 Å².